The van der Waals surface area contributed by atoms with Crippen LogP contribution in [0.4, 0.5) is 0 Å². The molecule has 0 saturated carbocycles. The average molecular weight is 307 g/mol. The highest BCUT2D eigenvalue weighted by atomic mass is 35.5. The van der Waals surface area contributed by atoms with Crippen LogP contribution in [0.5, 0.6) is 0 Å². The molecule has 0 aliphatic rings. The molecule has 19 heavy (non-hydrogen) atoms. The van der Waals surface area contributed by atoms with Crippen LogP contribution < -0.4 is 5.56 Å². The fourth-order valence-corrected chi connectivity index (χ4v) is 3.43. The highest BCUT2D eigenvalue weighted by Gasteiger charge is 2.29. The van der Waals surface area contributed by atoms with Crippen LogP contribution in [0.1, 0.15) is 34.1 Å². The number of halogens is 1. The van der Waals surface area contributed by atoms with E-state index in [9.17, 15) is 13.2 Å². The Balaban J connectivity index is 3.42. The molecule has 1 aromatic heterocycles. The van der Waals surface area contributed by atoms with Gasteiger partial charge in [0.25, 0.3) is 5.56 Å². The van der Waals surface area contributed by atoms with Gasteiger partial charge in [-0.1, -0.05) is 0 Å². The first-order valence-electron chi connectivity index (χ1n) is 6.00. The molecule has 1 heterocycles. The van der Waals surface area contributed by atoms with Gasteiger partial charge < -0.3 is 4.57 Å². The smallest absolute Gasteiger partial charge is 0.288 e. The molecule has 1 aromatic rings. The number of aromatic nitrogens is 2. The van der Waals surface area contributed by atoms with Gasteiger partial charge in [-0.3, -0.25) is 4.79 Å². The molecule has 5 nitrogen and oxygen atoms in total. The first kappa shape index (κ1) is 16.2. The lowest BCUT2D eigenvalue weighted by atomic mass is 10.1. The molecule has 108 valence electrons. The van der Waals surface area contributed by atoms with E-state index in [2.05, 4.69) is 4.98 Å². The molecule has 7 heteroatoms. The highest BCUT2D eigenvalue weighted by Crippen LogP contribution is 2.15. The van der Waals surface area contributed by atoms with Crippen molar-refractivity contribution in [3.63, 3.8) is 0 Å². The number of sulfone groups is 1. The second-order valence-electron chi connectivity index (χ2n) is 5.41. The number of nitrogens with zero attached hydrogens (tertiary/aromatic N) is 2. The summed E-state index contributed by atoms with van der Waals surface area (Å²) in [5.41, 5.74) is -1.09. The Morgan fingerprint density at radius 2 is 2.00 bits per heavy atom. The van der Waals surface area contributed by atoms with E-state index in [0.29, 0.717) is 0 Å². The van der Waals surface area contributed by atoms with Crippen LogP contribution in [0, 0.1) is 0 Å². The Labute approximate surface area is 118 Å². The molecule has 0 saturated heterocycles. The van der Waals surface area contributed by atoms with E-state index in [4.69, 9.17) is 11.6 Å². The molecule has 0 amide bonds. The number of rotatable bonds is 4. The first-order chi connectivity index (χ1) is 8.62. The summed E-state index contributed by atoms with van der Waals surface area (Å²) in [6, 6.07) is 0. The second kappa shape index (κ2) is 5.63. The average Bonchev–Trinajstić information content (AvgIpc) is 2.27. The van der Waals surface area contributed by atoms with Crippen LogP contribution in [-0.2, 0) is 15.4 Å². The molecular weight excluding hydrogens is 288 g/mol. The van der Waals surface area contributed by atoms with Gasteiger partial charge in [-0.2, -0.15) is 0 Å². The summed E-state index contributed by atoms with van der Waals surface area (Å²) in [6.07, 6.45) is 3.12. The third kappa shape index (κ3) is 3.36. The minimum Gasteiger partial charge on any atom is -0.306 e. The molecule has 0 bridgehead atoms. The maximum atomic E-state index is 12.3. The molecule has 1 unspecified atom stereocenters. The van der Waals surface area contributed by atoms with E-state index < -0.39 is 31.2 Å². The normalized spacial score (nSPS) is 14.4. The molecule has 1 rings (SSSR count). The van der Waals surface area contributed by atoms with Crippen molar-refractivity contribution in [1.82, 2.24) is 9.55 Å². The van der Waals surface area contributed by atoms with Crippen molar-refractivity contribution in [2.75, 3.05) is 5.88 Å². The standard InChI is InChI=1S/C12H19ClN2O3S/c1-9(5-6-13)19(17,18)10-11(16)15(8-7-14-10)12(2,3)4/h7-9H,5-6H2,1-4H3. The molecule has 0 aromatic carbocycles. The van der Waals surface area contributed by atoms with Crippen molar-refractivity contribution < 1.29 is 8.42 Å². The lowest BCUT2D eigenvalue weighted by Crippen LogP contribution is -2.38. The predicted molar refractivity (Wildman–Crippen MR) is 75.5 cm³/mol. The van der Waals surface area contributed by atoms with Crippen LogP contribution in [-0.4, -0.2) is 29.1 Å². The van der Waals surface area contributed by atoms with Gasteiger partial charge in [0.1, 0.15) is 0 Å². The van der Waals surface area contributed by atoms with E-state index in [-0.39, 0.29) is 12.3 Å². The van der Waals surface area contributed by atoms with E-state index in [1.165, 1.54) is 23.9 Å². The van der Waals surface area contributed by atoms with E-state index in [1.807, 2.05) is 20.8 Å². The van der Waals surface area contributed by atoms with Crippen molar-refractivity contribution >= 4 is 21.4 Å². The topological polar surface area (TPSA) is 69.0 Å². The summed E-state index contributed by atoms with van der Waals surface area (Å²) >= 11 is 5.57. The van der Waals surface area contributed by atoms with Crippen LogP contribution in [0.3, 0.4) is 0 Å². The van der Waals surface area contributed by atoms with Gasteiger partial charge in [0.15, 0.2) is 0 Å². The maximum absolute atomic E-state index is 12.3. The number of hydrogen-bond donors (Lipinski definition) is 0. The van der Waals surface area contributed by atoms with Gasteiger partial charge in [-0.05, 0) is 34.1 Å². The fourth-order valence-electron chi connectivity index (χ4n) is 1.62. The largest absolute Gasteiger partial charge is 0.306 e. The van der Waals surface area contributed by atoms with Gasteiger partial charge in [-0.25, -0.2) is 13.4 Å². The van der Waals surface area contributed by atoms with Gasteiger partial charge >= 0.3 is 0 Å². The predicted octanol–water partition coefficient (Wildman–Crippen LogP) is 1.79. The Bertz CT molecular complexity index is 602. The van der Waals surface area contributed by atoms with Crippen LogP contribution >= 0.6 is 11.6 Å². The lowest BCUT2D eigenvalue weighted by Gasteiger charge is -2.22. The molecule has 0 aliphatic heterocycles. The molecular formula is C12H19ClN2O3S. The van der Waals surface area contributed by atoms with Crippen LogP contribution in [0.2, 0.25) is 0 Å². The molecule has 1 atom stereocenters. The molecule has 0 spiro atoms. The Morgan fingerprint density at radius 1 is 1.42 bits per heavy atom. The summed E-state index contributed by atoms with van der Waals surface area (Å²) in [5.74, 6) is 0.223. The van der Waals surface area contributed by atoms with Crippen molar-refractivity contribution in [2.24, 2.45) is 0 Å². The van der Waals surface area contributed by atoms with Crippen molar-refractivity contribution in [3.8, 4) is 0 Å². The third-order valence-electron chi connectivity index (χ3n) is 2.85. The Morgan fingerprint density at radius 3 is 2.47 bits per heavy atom. The minimum atomic E-state index is -3.74. The maximum Gasteiger partial charge on any atom is 0.288 e. The molecule has 0 aliphatic carbocycles. The van der Waals surface area contributed by atoms with Crippen molar-refractivity contribution in [3.05, 3.63) is 22.7 Å². The van der Waals surface area contributed by atoms with Crippen LogP contribution in [0.25, 0.3) is 0 Å². The van der Waals surface area contributed by atoms with Gasteiger partial charge in [0, 0.05) is 23.8 Å². The third-order valence-corrected chi connectivity index (χ3v) is 5.18. The lowest BCUT2D eigenvalue weighted by molar-refractivity contribution is 0.376. The number of alkyl halides is 1. The second-order valence-corrected chi connectivity index (χ2v) is 8.07. The number of hydrogen-bond acceptors (Lipinski definition) is 4. The summed E-state index contributed by atoms with van der Waals surface area (Å²) < 4.78 is 26.0. The fraction of sp³-hybridized carbons (Fsp3) is 0.667. The summed E-state index contributed by atoms with van der Waals surface area (Å²) in [5, 5.41) is -1.12. The quantitative estimate of drug-likeness (QED) is 0.795. The summed E-state index contributed by atoms with van der Waals surface area (Å²) in [4.78, 5) is 16.0. The van der Waals surface area contributed by atoms with E-state index in [0.717, 1.165) is 0 Å². The van der Waals surface area contributed by atoms with E-state index in [1.54, 1.807) is 0 Å². The van der Waals surface area contributed by atoms with Gasteiger partial charge in [-0.15, -0.1) is 11.6 Å². The summed E-state index contributed by atoms with van der Waals surface area (Å²) in [6.45, 7) is 7.01. The molecule has 0 N–H and O–H groups in total. The highest BCUT2D eigenvalue weighted by molar-refractivity contribution is 7.91. The monoisotopic (exact) mass is 306 g/mol. The Kier molecular flexibility index (Phi) is 4.79. The molecule has 0 radical (unpaired) electrons. The van der Waals surface area contributed by atoms with E-state index >= 15 is 0 Å². The van der Waals surface area contributed by atoms with Gasteiger partial charge in [0.2, 0.25) is 14.9 Å². The first-order valence-corrected chi connectivity index (χ1v) is 8.08. The SMILES string of the molecule is CC(CCCl)S(=O)(=O)c1nccn(C(C)(C)C)c1=O. The van der Waals surface area contributed by atoms with Crippen molar-refractivity contribution in [2.45, 2.75) is 49.9 Å². The van der Waals surface area contributed by atoms with Crippen molar-refractivity contribution in [1.29, 1.82) is 0 Å². The van der Waals surface area contributed by atoms with Crippen LogP contribution in [0.15, 0.2) is 22.2 Å². The zero-order chi connectivity index (χ0) is 14.8. The van der Waals surface area contributed by atoms with Gasteiger partial charge in [0.05, 0.1) is 5.25 Å². The zero-order valence-corrected chi connectivity index (χ0v) is 13.1. The summed E-state index contributed by atoms with van der Waals surface area (Å²) in [7, 11) is -3.74. The zero-order valence-electron chi connectivity index (χ0n) is 11.6. The molecule has 0 fully saturated rings. The minimum absolute atomic E-state index is 0.223. The Hall–Kier alpha value is -0.880.